The van der Waals surface area contributed by atoms with E-state index < -0.39 is 6.17 Å². The average Bonchev–Trinajstić information content (AvgIpc) is 2.62. The largest absolute Gasteiger partial charge is 0.399 e. The summed E-state index contributed by atoms with van der Waals surface area (Å²) in [6.45, 7) is 2.43. The van der Waals surface area contributed by atoms with Gasteiger partial charge in [-0.05, 0) is 30.5 Å². The first-order valence-corrected chi connectivity index (χ1v) is 5.45. The molecule has 1 heterocycles. The second kappa shape index (κ2) is 4.62. The summed E-state index contributed by atoms with van der Waals surface area (Å²) in [6, 6.07) is 7.91. The van der Waals surface area contributed by atoms with E-state index in [0.717, 1.165) is 25.2 Å². The van der Waals surface area contributed by atoms with Crippen molar-refractivity contribution < 1.29 is 4.39 Å². The molecule has 0 saturated carbocycles. The van der Waals surface area contributed by atoms with Crippen LogP contribution in [0.1, 0.15) is 12.0 Å². The maximum atomic E-state index is 12.9. The van der Waals surface area contributed by atoms with E-state index >= 15 is 0 Å². The molecule has 0 amide bonds. The zero-order valence-corrected chi connectivity index (χ0v) is 8.82. The van der Waals surface area contributed by atoms with E-state index in [1.54, 1.807) is 0 Å². The fraction of sp³-hybridized carbons (Fsp3) is 0.500. The number of alkyl halides is 1. The van der Waals surface area contributed by atoms with E-state index in [9.17, 15) is 4.39 Å². The third-order valence-corrected chi connectivity index (χ3v) is 2.88. The molecule has 2 nitrogen and oxygen atoms in total. The van der Waals surface area contributed by atoms with Crippen molar-refractivity contribution in [3.05, 3.63) is 29.8 Å². The van der Waals surface area contributed by atoms with Crippen molar-refractivity contribution in [3.8, 4) is 0 Å². The van der Waals surface area contributed by atoms with Crippen molar-refractivity contribution in [2.75, 3.05) is 25.4 Å². The van der Waals surface area contributed by atoms with Gasteiger partial charge in [-0.2, -0.15) is 0 Å². The summed E-state index contributed by atoms with van der Waals surface area (Å²) in [4.78, 5) is 2.17. The van der Waals surface area contributed by atoms with Crippen LogP contribution >= 0.6 is 0 Å². The van der Waals surface area contributed by atoms with E-state index in [4.69, 9.17) is 5.73 Å². The number of hydrogen-bond donors (Lipinski definition) is 1. The molecule has 0 spiro atoms. The van der Waals surface area contributed by atoms with Crippen molar-refractivity contribution in [1.29, 1.82) is 0 Å². The molecule has 82 valence electrons. The first kappa shape index (κ1) is 10.4. The molecule has 1 fully saturated rings. The molecule has 2 rings (SSSR count). The zero-order valence-electron chi connectivity index (χ0n) is 8.82. The Morgan fingerprint density at radius 1 is 1.47 bits per heavy atom. The quantitative estimate of drug-likeness (QED) is 0.768. The third kappa shape index (κ3) is 2.93. The maximum Gasteiger partial charge on any atom is 0.114 e. The minimum absolute atomic E-state index is 0.600. The van der Waals surface area contributed by atoms with Gasteiger partial charge in [0.15, 0.2) is 0 Å². The van der Waals surface area contributed by atoms with E-state index in [1.807, 2.05) is 18.2 Å². The lowest BCUT2D eigenvalue weighted by atomic mass is 10.1. The summed E-state index contributed by atoms with van der Waals surface area (Å²) in [5, 5.41) is 0. The predicted octanol–water partition coefficient (Wildman–Crippen LogP) is 1.86. The Morgan fingerprint density at radius 3 is 3.00 bits per heavy atom. The van der Waals surface area contributed by atoms with Gasteiger partial charge in [-0.3, -0.25) is 0 Å². The third-order valence-electron chi connectivity index (χ3n) is 2.88. The van der Waals surface area contributed by atoms with Gasteiger partial charge in [-0.15, -0.1) is 0 Å². The number of nitrogens with two attached hydrogens (primary N) is 1. The van der Waals surface area contributed by atoms with Crippen LogP contribution in [-0.2, 0) is 6.42 Å². The molecular weight excluding hydrogens is 191 g/mol. The number of rotatable bonds is 3. The molecule has 3 heteroatoms. The van der Waals surface area contributed by atoms with Crippen molar-refractivity contribution in [1.82, 2.24) is 4.90 Å². The van der Waals surface area contributed by atoms with E-state index in [-0.39, 0.29) is 0 Å². The smallest absolute Gasteiger partial charge is 0.114 e. The number of benzene rings is 1. The lowest BCUT2D eigenvalue weighted by molar-refractivity contribution is 0.290. The van der Waals surface area contributed by atoms with Gasteiger partial charge >= 0.3 is 0 Å². The Morgan fingerprint density at radius 2 is 2.33 bits per heavy atom. The molecule has 0 bridgehead atoms. The van der Waals surface area contributed by atoms with Gasteiger partial charge in [-0.1, -0.05) is 12.1 Å². The van der Waals surface area contributed by atoms with Gasteiger partial charge in [0.1, 0.15) is 6.17 Å². The highest BCUT2D eigenvalue weighted by molar-refractivity contribution is 5.40. The Kier molecular flexibility index (Phi) is 3.21. The highest BCUT2D eigenvalue weighted by atomic mass is 19.1. The van der Waals surface area contributed by atoms with Crippen LogP contribution in [0.5, 0.6) is 0 Å². The summed E-state index contributed by atoms with van der Waals surface area (Å²) in [5.74, 6) is 0. The van der Waals surface area contributed by atoms with Gasteiger partial charge in [0.2, 0.25) is 0 Å². The molecular formula is C12H17FN2. The Bertz CT molecular complexity index is 327. The molecule has 0 radical (unpaired) electrons. The lowest BCUT2D eigenvalue weighted by Crippen LogP contribution is -2.23. The standard InChI is InChI=1S/C12H17FN2/c13-11-5-7-15(9-11)6-4-10-2-1-3-12(14)8-10/h1-3,8,11H,4-7,9,14H2. The molecule has 1 aromatic rings. The first-order valence-electron chi connectivity index (χ1n) is 5.45. The van der Waals surface area contributed by atoms with E-state index in [2.05, 4.69) is 11.0 Å². The minimum Gasteiger partial charge on any atom is -0.399 e. The van der Waals surface area contributed by atoms with Gasteiger partial charge in [0.25, 0.3) is 0 Å². The van der Waals surface area contributed by atoms with Crippen molar-refractivity contribution in [2.24, 2.45) is 0 Å². The monoisotopic (exact) mass is 208 g/mol. The van der Waals surface area contributed by atoms with Crippen LogP contribution in [0.3, 0.4) is 0 Å². The van der Waals surface area contributed by atoms with Crippen LogP contribution in [0.2, 0.25) is 0 Å². The number of nitrogen functional groups attached to an aromatic ring is 1. The van der Waals surface area contributed by atoms with Gasteiger partial charge < -0.3 is 10.6 Å². The SMILES string of the molecule is Nc1cccc(CCN2CCC(F)C2)c1. The van der Waals surface area contributed by atoms with E-state index in [0.29, 0.717) is 13.0 Å². The fourth-order valence-electron chi connectivity index (χ4n) is 2.02. The summed E-state index contributed by atoms with van der Waals surface area (Å²) in [6.07, 6.45) is 1.03. The Balaban J connectivity index is 1.83. The molecule has 1 aromatic carbocycles. The maximum absolute atomic E-state index is 12.9. The average molecular weight is 208 g/mol. The lowest BCUT2D eigenvalue weighted by Gasteiger charge is -2.14. The van der Waals surface area contributed by atoms with Crippen molar-refractivity contribution in [2.45, 2.75) is 19.0 Å². The highest BCUT2D eigenvalue weighted by Crippen LogP contribution is 2.13. The molecule has 1 saturated heterocycles. The van der Waals surface area contributed by atoms with Gasteiger partial charge in [0, 0.05) is 25.3 Å². The van der Waals surface area contributed by atoms with Crippen LogP contribution in [0.4, 0.5) is 10.1 Å². The molecule has 1 atom stereocenters. The zero-order chi connectivity index (χ0) is 10.7. The summed E-state index contributed by atoms with van der Waals surface area (Å²) in [7, 11) is 0. The molecule has 1 unspecified atom stereocenters. The van der Waals surface area contributed by atoms with Crippen LogP contribution in [-0.4, -0.2) is 30.7 Å². The molecule has 0 aliphatic carbocycles. The van der Waals surface area contributed by atoms with Crippen LogP contribution in [0.15, 0.2) is 24.3 Å². The van der Waals surface area contributed by atoms with Crippen molar-refractivity contribution in [3.63, 3.8) is 0 Å². The van der Waals surface area contributed by atoms with E-state index in [1.165, 1.54) is 5.56 Å². The number of anilines is 1. The summed E-state index contributed by atoms with van der Waals surface area (Å²) >= 11 is 0. The summed E-state index contributed by atoms with van der Waals surface area (Å²) in [5.41, 5.74) is 7.73. The predicted molar refractivity (Wildman–Crippen MR) is 60.5 cm³/mol. The summed E-state index contributed by atoms with van der Waals surface area (Å²) < 4.78 is 12.9. The molecule has 15 heavy (non-hydrogen) atoms. The van der Waals surface area contributed by atoms with Gasteiger partial charge in [-0.25, -0.2) is 4.39 Å². The molecule has 0 aromatic heterocycles. The second-order valence-electron chi connectivity index (χ2n) is 4.18. The van der Waals surface area contributed by atoms with Crippen LogP contribution in [0.25, 0.3) is 0 Å². The number of likely N-dealkylation sites (tertiary alicyclic amines) is 1. The number of nitrogens with zero attached hydrogens (tertiary/aromatic N) is 1. The topological polar surface area (TPSA) is 29.3 Å². The van der Waals surface area contributed by atoms with Crippen molar-refractivity contribution >= 4 is 5.69 Å². The second-order valence-corrected chi connectivity index (χ2v) is 4.18. The minimum atomic E-state index is -0.620. The number of hydrogen-bond acceptors (Lipinski definition) is 2. The fourth-order valence-corrected chi connectivity index (χ4v) is 2.02. The highest BCUT2D eigenvalue weighted by Gasteiger charge is 2.20. The molecule has 1 aliphatic rings. The van der Waals surface area contributed by atoms with Crippen LogP contribution in [0, 0.1) is 0 Å². The normalized spacial score (nSPS) is 22.1. The molecule has 1 aliphatic heterocycles. The van der Waals surface area contributed by atoms with Gasteiger partial charge in [0.05, 0.1) is 0 Å². The first-order chi connectivity index (χ1) is 7.24. The Hall–Kier alpha value is -1.09. The molecule has 2 N–H and O–H groups in total. The number of halogens is 1. The Labute approximate surface area is 89.9 Å². The van der Waals surface area contributed by atoms with Crippen LogP contribution < -0.4 is 5.73 Å².